The molecule has 1 heterocycles. The summed E-state index contributed by atoms with van der Waals surface area (Å²) in [4.78, 5) is 19.2. The van der Waals surface area contributed by atoms with Crippen LogP contribution in [0.3, 0.4) is 0 Å². The number of rotatable bonds is 5. The van der Waals surface area contributed by atoms with Crippen LogP contribution in [0.1, 0.15) is 16.2 Å². The predicted octanol–water partition coefficient (Wildman–Crippen LogP) is 3.22. The first-order chi connectivity index (χ1) is 12.6. The second-order valence-corrected chi connectivity index (χ2v) is 5.34. The molecule has 0 fully saturated rings. The zero-order chi connectivity index (χ0) is 18.5. The van der Waals surface area contributed by atoms with E-state index in [1.165, 1.54) is 7.11 Å². The van der Waals surface area contributed by atoms with Crippen LogP contribution in [0.25, 0.3) is 16.6 Å². The van der Waals surface area contributed by atoms with Gasteiger partial charge in [-0.3, -0.25) is 0 Å². The Kier molecular flexibility index (Phi) is 4.85. The predicted molar refractivity (Wildman–Crippen MR) is 94.5 cm³/mol. The molecule has 0 radical (unpaired) electrons. The molecule has 3 rings (SSSR count). The van der Waals surface area contributed by atoms with Crippen LogP contribution in [0.5, 0.6) is 5.75 Å². The molecular weight excluding hydrogens is 334 g/mol. The molecule has 1 aromatic heterocycles. The second-order valence-electron chi connectivity index (χ2n) is 5.34. The van der Waals surface area contributed by atoms with E-state index in [4.69, 9.17) is 9.47 Å². The number of aromatic nitrogens is 2. The number of aromatic amines is 1. The maximum Gasteiger partial charge on any atom is 0.338 e. The van der Waals surface area contributed by atoms with Crippen LogP contribution in [-0.2, 0) is 4.74 Å². The summed E-state index contributed by atoms with van der Waals surface area (Å²) < 4.78 is 10.1. The highest BCUT2D eigenvalue weighted by Gasteiger charge is 2.15. The number of nitrogens with zero attached hydrogens (tertiary/aromatic N) is 2. The Morgan fingerprint density at radius 2 is 1.96 bits per heavy atom. The number of benzene rings is 2. The number of fused-ring (bicyclic) bond motifs is 1. The summed E-state index contributed by atoms with van der Waals surface area (Å²) in [7, 11) is 1.53. The van der Waals surface area contributed by atoms with Crippen molar-refractivity contribution in [2.75, 3.05) is 13.7 Å². The van der Waals surface area contributed by atoms with E-state index in [-0.39, 0.29) is 17.2 Å². The molecule has 0 aliphatic carbocycles. The molecule has 2 aromatic carbocycles. The molecule has 0 bridgehead atoms. The number of hydrogen-bond acceptors (Lipinski definition) is 6. The molecule has 26 heavy (non-hydrogen) atoms. The minimum Gasteiger partial charge on any atom is -0.507 e. The lowest BCUT2D eigenvalue weighted by atomic mass is 10.2. The van der Waals surface area contributed by atoms with Crippen molar-refractivity contribution in [3.8, 4) is 11.8 Å². The van der Waals surface area contributed by atoms with Gasteiger partial charge in [-0.2, -0.15) is 5.26 Å². The molecule has 3 aromatic rings. The van der Waals surface area contributed by atoms with Gasteiger partial charge in [0, 0.05) is 0 Å². The third-order valence-electron chi connectivity index (χ3n) is 3.69. The van der Waals surface area contributed by atoms with Crippen molar-refractivity contribution < 1.29 is 19.4 Å². The minimum atomic E-state index is -0.624. The van der Waals surface area contributed by atoms with Crippen molar-refractivity contribution in [1.29, 1.82) is 5.26 Å². The van der Waals surface area contributed by atoms with E-state index in [2.05, 4.69) is 9.97 Å². The highest BCUT2D eigenvalue weighted by Crippen LogP contribution is 2.19. The van der Waals surface area contributed by atoms with Crippen LogP contribution in [-0.4, -0.2) is 34.8 Å². The first-order valence-electron chi connectivity index (χ1n) is 7.71. The fourth-order valence-electron chi connectivity index (χ4n) is 2.34. The van der Waals surface area contributed by atoms with Crippen LogP contribution >= 0.6 is 0 Å². The number of hydrogen-bond donors (Lipinski definition) is 2. The number of aliphatic hydroxyl groups excluding tert-OH is 1. The van der Waals surface area contributed by atoms with Gasteiger partial charge >= 0.3 is 5.97 Å². The molecule has 0 saturated heterocycles. The van der Waals surface area contributed by atoms with Gasteiger partial charge in [-0.1, -0.05) is 12.1 Å². The third-order valence-corrected chi connectivity index (χ3v) is 3.69. The Hall–Kier alpha value is -3.79. The summed E-state index contributed by atoms with van der Waals surface area (Å²) in [5.74, 6) is -0.179. The van der Waals surface area contributed by atoms with Gasteiger partial charge < -0.3 is 19.6 Å². The quantitative estimate of drug-likeness (QED) is 0.416. The molecule has 0 spiro atoms. The van der Waals surface area contributed by atoms with E-state index in [9.17, 15) is 15.2 Å². The Morgan fingerprint density at radius 1 is 1.23 bits per heavy atom. The highest BCUT2D eigenvalue weighted by molar-refractivity contribution is 5.90. The van der Waals surface area contributed by atoms with E-state index in [1.54, 1.807) is 30.3 Å². The van der Waals surface area contributed by atoms with Gasteiger partial charge in [0.25, 0.3) is 0 Å². The Balaban J connectivity index is 1.76. The van der Waals surface area contributed by atoms with Crippen LogP contribution in [0.4, 0.5) is 0 Å². The van der Waals surface area contributed by atoms with Crippen LogP contribution in [0.2, 0.25) is 0 Å². The van der Waals surface area contributed by atoms with Crippen LogP contribution in [0.15, 0.2) is 54.3 Å². The summed E-state index contributed by atoms with van der Waals surface area (Å²) in [6.07, 6.45) is 0. The third kappa shape index (κ3) is 3.49. The molecule has 2 N–H and O–H groups in total. The Labute approximate surface area is 149 Å². The minimum absolute atomic E-state index is 0.0799. The van der Waals surface area contributed by atoms with Gasteiger partial charge in [0.2, 0.25) is 0 Å². The van der Waals surface area contributed by atoms with Gasteiger partial charge in [-0.25, -0.2) is 9.78 Å². The smallest absolute Gasteiger partial charge is 0.338 e. The Morgan fingerprint density at radius 3 is 2.62 bits per heavy atom. The first kappa shape index (κ1) is 17.0. The number of nitriles is 1. The van der Waals surface area contributed by atoms with Crippen LogP contribution < -0.4 is 4.74 Å². The number of nitrogens with one attached hydrogen (secondary N) is 1. The molecule has 130 valence electrons. The van der Waals surface area contributed by atoms with Crippen molar-refractivity contribution in [3.63, 3.8) is 0 Å². The largest absolute Gasteiger partial charge is 0.507 e. The van der Waals surface area contributed by atoms with Crippen molar-refractivity contribution in [3.05, 3.63) is 65.7 Å². The van der Waals surface area contributed by atoms with Crippen molar-refractivity contribution >= 4 is 22.6 Å². The normalized spacial score (nSPS) is 11.5. The number of H-pyrrole nitrogens is 1. The number of methoxy groups -OCH3 is 1. The average molecular weight is 349 g/mol. The zero-order valence-corrected chi connectivity index (χ0v) is 13.9. The molecule has 0 aliphatic rings. The summed E-state index contributed by atoms with van der Waals surface area (Å²) in [6.45, 7) is -0.440. The maximum absolute atomic E-state index is 12.0. The highest BCUT2D eigenvalue weighted by atomic mass is 16.5. The summed E-state index contributed by atoms with van der Waals surface area (Å²) in [5, 5.41) is 19.5. The molecule has 0 atom stereocenters. The molecule has 0 unspecified atom stereocenters. The van der Waals surface area contributed by atoms with Crippen LogP contribution in [0, 0.1) is 11.3 Å². The van der Waals surface area contributed by atoms with Gasteiger partial charge in [0.15, 0.2) is 11.6 Å². The lowest BCUT2D eigenvalue weighted by Gasteiger charge is -2.06. The molecule has 0 aliphatic heterocycles. The van der Waals surface area contributed by atoms with E-state index in [0.717, 1.165) is 5.52 Å². The lowest BCUT2D eigenvalue weighted by molar-refractivity contribution is 0.0502. The summed E-state index contributed by atoms with van der Waals surface area (Å²) >= 11 is 0. The van der Waals surface area contributed by atoms with E-state index in [1.807, 2.05) is 24.3 Å². The lowest BCUT2D eigenvalue weighted by Crippen LogP contribution is -2.09. The second kappa shape index (κ2) is 7.40. The molecule has 0 amide bonds. The monoisotopic (exact) mass is 349 g/mol. The van der Waals surface area contributed by atoms with Gasteiger partial charge in [0.1, 0.15) is 24.0 Å². The standard InChI is InChI=1S/C19H15N3O4/c1-25-13-8-6-12(7-9-13)19(24)26-11-17(23)14(10-20)18-21-15-4-2-3-5-16(15)22-18/h2-9,23H,11H2,1H3,(H,21,22)/b17-14-. The number of aliphatic hydroxyl groups is 1. The zero-order valence-electron chi connectivity index (χ0n) is 13.9. The van der Waals surface area contributed by atoms with Gasteiger partial charge in [-0.05, 0) is 36.4 Å². The van der Waals surface area contributed by atoms with Crippen molar-refractivity contribution in [1.82, 2.24) is 9.97 Å². The molecule has 7 nitrogen and oxygen atoms in total. The fraction of sp³-hybridized carbons (Fsp3) is 0.105. The van der Waals surface area contributed by atoms with E-state index >= 15 is 0 Å². The average Bonchev–Trinajstić information content (AvgIpc) is 3.10. The van der Waals surface area contributed by atoms with Gasteiger partial charge in [-0.15, -0.1) is 0 Å². The summed E-state index contributed by atoms with van der Waals surface area (Å²) in [6, 6.07) is 15.5. The fourth-order valence-corrected chi connectivity index (χ4v) is 2.34. The van der Waals surface area contributed by atoms with Crippen molar-refractivity contribution in [2.24, 2.45) is 0 Å². The maximum atomic E-state index is 12.0. The molecule has 7 heteroatoms. The first-order valence-corrected chi connectivity index (χ1v) is 7.71. The number of ether oxygens (including phenoxy) is 2. The topological polar surface area (TPSA) is 108 Å². The number of allylic oxidation sites excluding steroid dienone is 1. The SMILES string of the molecule is COc1ccc(C(=O)OC/C(O)=C(\C#N)c2nc3ccccc3[nH]2)cc1. The molecular formula is C19H15N3O4. The van der Waals surface area contributed by atoms with Gasteiger partial charge in [0.05, 0.1) is 23.7 Å². The number of imidazole rings is 1. The summed E-state index contributed by atoms with van der Waals surface area (Å²) in [5.41, 5.74) is 1.63. The number of carbonyl (C=O) groups excluding carboxylic acids is 1. The number of esters is 1. The van der Waals surface area contributed by atoms with E-state index in [0.29, 0.717) is 16.8 Å². The Bertz CT molecular complexity index is 980. The number of para-hydroxylation sites is 2. The van der Waals surface area contributed by atoms with E-state index < -0.39 is 12.6 Å². The number of carbonyl (C=O) groups is 1. The van der Waals surface area contributed by atoms with Crippen molar-refractivity contribution in [2.45, 2.75) is 0 Å². The molecule has 0 saturated carbocycles.